The van der Waals surface area contributed by atoms with Gasteiger partial charge in [0, 0.05) is 31.6 Å². The van der Waals surface area contributed by atoms with Gasteiger partial charge >= 0.3 is 0 Å². The summed E-state index contributed by atoms with van der Waals surface area (Å²) in [5.41, 5.74) is 0. The van der Waals surface area contributed by atoms with E-state index in [0.29, 0.717) is 12.0 Å². The molecule has 0 aromatic rings. The van der Waals surface area contributed by atoms with Crippen LogP contribution in [0.3, 0.4) is 0 Å². The fourth-order valence-corrected chi connectivity index (χ4v) is 1.90. The third-order valence-corrected chi connectivity index (χ3v) is 2.65. The zero-order chi connectivity index (χ0) is 7.68. The molecule has 2 rings (SSSR count). The topological polar surface area (TPSA) is 24.5 Å². The molecule has 0 amide bonds. The van der Waals surface area contributed by atoms with Crippen LogP contribution in [0.15, 0.2) is 0 Å². The summed E-state index contributed by atoms with van der Waals surface area (Å²) in [6, 6.07) is 0.600. The minimum Gasteiger partial charge on any atom is -0.379 e. The molecule has 2 bridgehead atoms. The van der Waals surface area contributed by atoms with Gasteiger partial charge in [0.15, 0.2) is 0 Å². The molecule has 2 saturated heterocycles. The average Bonchev–Trinajstić information content (AvgIpc) is 2.16. The SMILES string of the molecule is CN1CC2CNCC1COC2. The lowest BCUT2D eigenvalue weighted by atomic mass is 10.1. The molecule has 2 heterocycles. The van der Waals surface area contributed by atoms with Gasteiger partial charge in [0.25, 0.3) is 0 Å². The highest BCUT2D eigenvalue weighted by Crippen LogP contribution is 2.12. The van der Waals surface area contributed by atoms with E-state index in [2.05, 4.69) is 17.3 Å². The van der Waals surface area contributed by atoms with Gasteiger partial charge in [-0.25, -0.2) is 0 Å². The summed E-state index contributed by atoms with van der Waals surface area (Å²) < 4.78 is 5.55. The fraction of sp³-hybridized carbons (Fsp3) is 1.00. The van der Waals surface area contributed by atoms with Crippen LogP contribution in [0.25, 0.3) is 0 Å². The van der Waals surface area contributed by atoms with Crippen LogP contribution in [0, 0.1) is 5.92 Å². The standard InChI is InChI=1S/C8H16N2O/c1-10-4-7-2-9-3-8(10)6-11-5-7/h7-9H,2-6H2,1H3. The highest BCUT2D eigenvalue weighted by molar-refractivity contribution is 4.82. The summed E-state index contributed by atoms with van der Waals surface area (Å²) in [6.07, 6.45) is 0. The lowest BCUT2D eigenvalue weighted by Crippen LogP contribution is -2.39. The van der Waals surface area contributed by atoms with Gasteiger partial charge in [0.05, 0.1) is 13.2 Å². The molecule has 64 valence electrons. The molecule has 0 saturated carbocycles. The summed E-state index contributed by atoms with van der Waals surface area (Å²) in [5.74, 6) is 0.701. The molecule has 2 aliphatic rings. The van der Waals surface area contributed by atoms with Crippen molar-refractivity contribution < 1.29 is 4.74 Å². The monoisotopic (exact) mass is 156 g/mol. The Morgan fingerprint density at radius 3 is 3.18 bits per heavy atom. The van der Waals surface area contributed by atoms with E-state index in [0.717, 1.165) is 26.3 Å². The number of rotatable bonds is 0. The first-order valence-electron chi connectivity index (χ1n) is 4.35. The Labute approximate surface area is 67.7 Å². The maximum Gasteiger partial charge on any atom is 0.0634 e. The smallest absolute Gasteiger partial charge is 0.0634 e. The van der Waals surface area contributed by atoms with Crippen LogP contribution >= 0.6 is 0 Å². The zero-order valence-electron chi connectivity index (χ0n) is 7.05. The molecule has 2 unspecified atom stereocenters. The van der Waals surface area contributed by atoms with E-state index >= 15 is 0 Å². The van der Waals surface area contributed by atoms with Crippen molar-refractivity contribution in [1.29, 1.82) is 0 Å². The molecule has 0 spiro atoms. The van der Waals surface area contributed by atoms with Crippen LogP contribution < -0.4 is 5.32 Å². The largest absolute Gasteiger partial charge is 0.379 e. The molecule has 2 atom stereocenters. The van der Waals surface area contributed by atoms with Gasteiger partial charge in [-0.2, -0.15) is 0 Å². The Kier molecular flexibility index (Phi) is 2.11. The number of fused-ring (bicyclic) bond motifs is 3. The first-order chi connectivity index (χ1) is 5.36. The highest BCUT2D eigenvalue weighted by atomic mass is 16.5. The van der Waals surface area contributed by atoms with Crippen LogP contribution in [-0.4, -0.2) is 50.8 Å². The zero-order valence-corrected chi connectivity index (χ0v) is 7.05. The van der Waals surface area contributed by atoms with Crippen molar-refractivity contribution in [2.75, 3.05) is 39.9 Å². The van der Waals surface area contributed by atoms with Gasteiger partial charge < -0.3 is 10.1 Å². The summed E-state index contributed by atoms with van der Waals surface area (Å²) in [5, 5.41) is 3.46. The Balaban J connectivity index is 2.08. The van der Waals surface area contributed by atoms with Crippen molar-refractivity contribution in [2.45, 2.75) is 6.04 Å². The van der Waals surface area contributed by atoms with Gasteiger partial charge in [-0.3, -0.25) is 4.90 Å². The highest BCUT2D eigenvalue weighted by Gasteiger charge is 2.26. The Morgan fingerprint density at radius 2 is 2.27 bits per heavy atom. The van der Waals surface area contributed by atoms with Crippen molar-refractivity contribution in [1.82, 2.24) is 10.2 Å². The predicted octanol–water partition coefficient (Wildman–Crippen LogP) is -0.464. The van der Waals surface area contributed by atoms with E-state index < -0.39 is 0 Å². The lowest BCUT2D eigenvalue weighted by molar-refractivity contribution is 0.0880. The summed E-state index contributed by atoms with van der Waals surface area (Å²) in [6.45, 7) is 5.25. The van der Waals surface area contributed by atoms with E-state index in [9.17, 15) is 0 Å². The molecule has 0 aromatic carbocycles. The number of hydrogen-bond donors (Lipinski definition) is 1. The molecule has 3 heteroatoms. The number of likely N-dealkylation sites (N-methyl/N-ethyl adjacent to an activating group) is 1. The molecule has 11 heavy (non-hydrogen) atoms. The number of nitrogens with zero attached hydrogens (tertiary/aromatic N) is 1. The summed E-state index contributed by atoms with van der Waals surface area (Å²) >= 11 is 0. The minimum atomic E-state index is 0.600. The number of nitrogens with one attached hydrogen (secondary N) is 1. The van der Waals surface area contributed by atoms with E-state index in [-0.39, 0.29) is 0 Å². The molecule has 0 aromatic heterocycles. The molecule has 3 nitrogen and oxygen atoms in total. The predicted molar refractivity (Wildman–Crippen MR) is 43.6 cm³/mol. The van der Waals surface area contributed by atoms with Crippen LogP contribution in [0.1, 0.15) is 0 Å². The van der Waals surface area contributed by atoms with Gasteiger partial charge in [-0.15, -0.1) is 0 Å². The second-order valence-corrected chi connectivity index (χ2v) is 3.66. The van der Waals surface area contributed by atoms with E-state index in [1.165, 1.54) is 6.54 Å². The Morgan fingerprint density at radius 1 is 1.36 bits per heavy atom. The number of ether oxygens (including phenoxy) is 1. The second kappa shape index (κ2) is 3.09. The molecule has 1 N–H and O–H groups in total. The molecule has 0 aliphatic carbocycles. The first-order valence-corrected chi connectivity index (χ1v) is 4.35. The van der Waals surface area contributed by atoms with Crippen molar-refractivity contribution in [2.24, 2.45) is 5.92 Å². The second-order valence-electron chi connectivity index (χ2n) is 3.66. The molecular weight excluding hydrogens is 140 g/mol. The van der Waals surface area contributed by atoms with E-state index in [4.69, 9.17) is 4.74 Å². The van der Waals surface area contributed by atoms with Gasteiger partial charge in [0.2, 0.25) is 0 Å². The number of hydrogen-bond acceptors (Lipinski definition) is 3. The Hall–Kier alpha value is -0.120. The van der Waals surface area contributed by atoms with Gasteiger partial charge in [-0.05, 0) is 7.05 Å². The molecule has 2 fully saturated rings. The third-order valence-electron chi connectivity index (χ3n) is 2.65. The quantitative estimate of drug-likeness (QED) is 0.513. The summed E-state index contributed by atoms with van der Waals surface area (Å²) in [4.78, 5) is 2.41. The van der Waals surface area contributed by atoms with Crippen LogP contribution in [0.4, 0.5) is 0 Å². The molecule has 2 aliphatic heterocycles. The average molecular weight is 156 g/mol. The first kappa shape index (κ1) is 7.53. The molecule has 0 radical (unpaired) electrons. The van der Waals surface area contributed by atoms with Crippen molar-refractivity contribution in [3.8, 4) is 0 Å². The van der Waals surface area contributed by atoms with Crippen LogP contribution in [-0.2, 0) is 4.74 Å². The van der Waals surface area contributed by atoms with Crippen molar-refractivity contribution in [3.05, 3.63) is 0 Å². The fourth-order valence-electron chi connectivity index (χ4n) is 1.90. The maximum absolute atomic E-state index is 5.55. The van der Waals surface area contributed by atoms with Crippen molar-refractivity contribution >= 4 is 0 Å². The van der Waals surface area contributed by atoms with E-state index in [1.807, 2.05) is 0 Å². The lowest BCUT2D eigenvalue weighted by Gasteiger charge is -2.22. The van der Waals surface area contributed by atoms with Crippen molar-refractivity contribution in [3.63, 3.8) is 0 Å². The Bertz CT molecular complexity index is 130. The third kappa shape index (κ3) is 1.55. The molecular formula is C8H16N2O. The minimum absolute atomic E-state index is 0.600. The van der Waals surface area contributed by atoms with Gasteiger partial charge in [-0.1, -0.05) is 0 Å². The normalized spacial score (nSPS) is 40.1. The van der Waals surface area contributed by atoms with E-state index in [1.54, 1.807) is 0 Å². The van der Waals surface area contributed by atoms with Crippen LogP contribution in [0.5, 0.6) is 0 Å². The summed E-state index contributed by atoms with van der Waals surface area (Å²) in [7, 11) is 2.19. The maximum atomic E-state index is 5.55. The van der Waals surface area contributed by atoms with Crippen LogP contribution in [0.2, 0.25) is 0 Å². The van der Waals surface area contributed by atoms with Gasteiger partial charge in [0.1, 0.15) is 0 Å².